The van der Waals surface area contributed by atoms with Crippen molar-refractivity contribution in [2.45, 2.75) is 59.3 Å². The molecule has 0 aromatic heterocycles. The molecule has 0 aliphatic heterocycles. The highest BCUT2D eigenvalue weighted by Crippen LogP contribution is 2.37. The van der Waals surface area contributed by atoms with Crippen molar-refractivity contribution in [2.24, 2.45) is 0 Å². The Bertz CT molecular complexity index is 355. The molecule has 1 rings (SSSR count). The van der Waals surface area contributed by atoms with Crippen LogP contribution in [0.5, 0.6) is 5.75 Å². The van der Waals surface area contributed by atoms with Gasteiger partial charge in [-0.05, 0) is 48.3 Å². The second kappa shape index (κ2) is 5.38. The first-order valence-corrected chi connectivity index (χ1v) is 6.35. The van der Waals surface area contributed by atoms with Crippen molar-refractivity contribution in [3.05, 3.63) is 28.8 Å². The van der Waals surface area contributed by atoms with Crippen molar-refractivity contribution in [1.29, 1.82) is 0 Å². The fourth-order valence-electron chi connectivity index (χ4n) is 2.17. The number of hydrogen-bond acceptors (Lipinski definition) is 1. The lowest BCUT2D eigenvalue weighted by atomic mass is 9.87. The molecule has 0 saturated heterocycles. The summed E-state index contributed by atoms with van der Waals surface area (Å²) in [5, 5.41) is 10.4. The molecule has 0 spiro atoms. The maximum absolute atomic E-state index is 10.4. The van der Waals surface area contributed by atoms with Crippen molar-refractivity contribution >= 4 is 0 Å². The topological polar surface area (TPSA) is 20.2 Å². The molecule has 1 aromatic rings. The van der Waals surface area contributed by atoms with Crippen LogP contribution in [0, 0.1) is 6.92 Å². The molecule has 1 N–H and O–H groups in total. The monoisotopic (exact) mass is 220 g/mol. The quantitative estimate of drug-likeness (QED) is 0.778. The zero-order valence-corrected chi connectivity index (χ0v) is 11.2. The van der Waals surface area contributed by atoms with Crippen LogP contribution >= 0.6 is 0 Å². The maximum Gasteiger partial charge on any atom is 0.122 e. The summed E-state index contributed by atoms with van der Waals surface area (Å²) < 4.78 is 0. The van der Waals surface area contributed by atoms with Gasteiger partial charge in [0.05, 0.1) is 0 Å². The summed E-state index contributed by atoms with van der Waals surface area (Å²) in [7, 11) is 0. The SMILES string of the molecule is CCC(C)c1ccc(C)c(C(C)CC)c1O. The van der Waals surface area contributed by atoms with Gasteiger partial charge in [0.2, 0.25) is 0 Å². The zero-order valence-electron chi connectivity index (χ0n) is 11.2. The fourth-order valence-corrected chi connectivity index (χ4v) is 2.17. The number of aromatic hydroxyl groups is 1. The van der Waals surface area contributed by atoms with E-state index in [1.54, 1.807) is 0 Å². The summed E-state index contributed by atoms with van der Waals surface area (Å²) in [5.74, 6) is 1.40. The third-order valence-electron chi connectivity index (χ3n) is 3.71. The van der Waals surface area contributed by atoms with Crippen LogP contribution in [0.25, 0.3) is 0 Å². The van der Waals surface area contributed by atoms with Gasteiger partial charge in [-0.2, -0.15) is 0 Å². The van der Waals surface area contributed by atoms with Crippen LogP contribution in [0.2, 0.25) is 0 Å². The molecule has 0 aliphatic rings. The summed E-state index contributed by atoms with van der Waals surface area (Å²) in [4.78, 5) is 0. The van der Waals surface area contributed by atoms with Crippen LogP contribution in [-0.2, 0) is 0 Å². The molecule has 0 saturated carbocycles. The summed E-state index contributed by atoms with van der Waals surface area (Å²) in [6.07, 6.45) is 2.13. The molecule has 0 aliphatic carbocycles. The number of rotatable bonds is 4. The standard InChI is InChI=1S/C15H24O/c1-6-10(3)13-9-8-12(5)14(15(13)16)11(4)7-2/h8-11,16H,6-7H2,1-5H3. The van der Waals surface area contributed by atoms with Gasteiger partial charge in [-0.15, -0.1) is 0 Å². The van der Waals surface area contributed by atoms with E-state index < -0.39 is 0 Å². The van der Waals surface area contributed by atoms with Crippen molar-refractivity contribution in [2.75, 3.05) is 0 Å². The molecular formula is C15H24O. The maximum atomic E-state index is 10.4. The average Bonchev–Trinajstić information content (AvgIpc) is 2.28. The molecule has 1 nitrogen and oxygen atoms in total. The molecule has 2 atom stereocenters. The van der Waals surface area contributed by atoms with E-state index in [-0.39, 0.29) is 0 Å². The Labute approximate surface area is 99.5 Å². The van der Waals surface area contributed by atoms with E-state index in [0.29, 0.717) is 17.6 Å². The highest BCUT2D eigenvalue weighted by molar-refractivity contribution is 5.48. The van der Waals surface area contributed by atoms with Crippen molar-refractivity contribution in [3.63, 3.8) is 0 Å². The minimum absolute atomic E-state index is 0.434. The van der Waals surface area contributed by atoms with Crippen LogP contribution in [0.1, 0.15) is 69.1 Å². The lowest BCUT2D eigenvalue weighted by Gasteiger charge is -2.20. The van der Waals surface area contributed by atoms with E-state index in [0.717, 1.165) is 24.0 Å². The first-order valence-electron chi connectivity index (χ1n) is 6.35. The molecule has 0 amide bonds. The molecule has 0 fully saturated rings. The Kier molecular flexibility index (Phi) is 4.40. The van der Waals surface area contributed by atoms with Crippen molar-refractivity contribution < 1.29 is 5.11 Å². The van der Waals surface area contributed by atoms with Gasteiger partial charge in [-0.1, -0.05) is 39.8 Å². The smallest absolute Gasteiger partial charge is 0.122 e. The molecule has 2 unspecified atom stereocenters. The summed E-state index contributed by atoms with van der Waals surface area (Å²) in [5.41, 5.74) is 3.45. The molecule has 0 radical (unpaired) electrons. The molecule has 1 heteroatoms. The third-order valence-corrected chi connectivity index (χ3v) is 3.71. The normalized spacial score (nSPS) is 14.8. The first kappa shape index (κ1) is 13.1. The van der Waals surface area contributed by atoms with Gasteiger partial charge < -0.3 is 5.11 Å². The lowest BCUT2D eigenvalue weighted by Crippen LogP contribution is -2.01. The van der Waals surface area contributed by atoms with Gasteiger partial charge in [0.1, 0.15) is 5.75 Å². The van der Waals surface area contributed by atoms with E-state index in [2.05, 4.69) is 46.8 Å². The Morgan fingerprint density at radius 2 is 1.62 bits per heavy atom. The lowest BCUT2D eigenvalue weighted by molar-refractivity contribution is 0.448. The zero-order chi connectivity index (χ0) is 12.3. The van der Waals surface area contributed by atoms with Gasteiger partial charge >= 0.3 is 0 Å². The Hall–Kier alpha value is -0.980. The summed E-state index contributed by atoms with van der Waals surface area (Å²) in [6, 6.07) is 4.22. The fraction of sp³-hybridized carbons (Fsp3) is 0.600. The minimum atomic E-state index is 0.434. The average molecular weight is 220 g/mol. The number of benzene rings is 1. The predicted octanol–water partition coefficient (Wildman–Crippen LogP) is 4.73. The van der Waals surface area contributed by atoms with Crippen LogP contribution in [0.4, 0.5) is 0 Å². The Morgan fingerprint density at radius 1 is 1.06 bits per heavy atom. The number of hydrogen-bond donors (Lipinski definition) is 1. The first-order chi connectivity index (χ1) is 7.52. The number of aryl methyl sites for hydroxylation is 1. The molecule has 0 heterocycles. The molecular weight excluding hydrogens is 196 g/mol. The van der Waals surface area contributed by atoms with Gasteiger partial charge in [-0.3, -0.25) is 0 Å². The van der Waals surface area contributed by atoms with Gasteiger partial charge in [0.25, 0.3) is 0 Å². The van der Waals surface area contributed by atoms with Crippen LogP contribution in [0.3, 0.4) is 0 Å². The minimum Gasteiger partial charge on any atom is -0.507 e. The van der Waals surface area contributed by atoms with Crippen molar-refractivity contribution in [1.82, 2.24) is 0 Å². The summed E-state index contributed by atoms with van der Waals surface area (Å²) >= 11 is 0. The second-order valence-corrected chi connectivity index (χ2v) is 4.85. The van der Waals surface area contributed by atoms with Crippen molar-refractivity contribution in [3.8, 4) is 5.75 Å². The number of phenols is 1. The molecule has 1 aromatic carbocycles. The van der Waals surface area contributed by atoms with Gasteiger partial charge in [0, 0.05) is 0 Å². The largest absolute Gasteiger partial charge is 0.507 e. The highest BCUT2D eigenvalue weighted by Gasteiger charge is 2.17. The van der Waals surface area contributed by atoms with E-state index >= 15 is 0 Å². The predicted molar refractivity (Wildman–Crippen MR) is 70.3 cm³/mol. The van der Waals surface area contributed by atoms with Crippen LogP contribution in [0.15, 0.2) is 12.1 Å². The van der Waals surface area contributed by atoms with Gasteiger partial charge in [0.15, 0.2) is 0 Å². The van der Waals surface area contributed by atoms with Gasteiger partial charge in [-0.25, -0.2) is 0 Å². The Balaban J connectivity index is 3.26. The molecule has 0 bridgehead atoms. The second-order valence-electron chi connectivity index (χ2n) is 4.85. The third kappa shape index (κ3) is 2.40. The molecule has 16 heavy (non-hydrogen) atoms. The van der Waals surface area contributed by atoms with E-state index in [9.17, 15) is 5.11 Å². The van der Waals surface area contributed by atoms with E-state index in [1.165, 1.54) is 5.56 Å². The summed E-state index contributed by atoms with van der Waals surface area (Å²) in [6.45, 7) is 10.8. The van der Waals surface area contributed by atoms with Crippen LogP contribution in [-0.4, -0.2) is 5.11 Å². The number of phenolic OH excluding ortho intramolecular Hbond substituents is 1. The van der Waals surface area contributed by atoms with E-state index in [4.69, 9.17) is 0 Å². The van der Waals surface area contributed by atoms with E-state index in [1.807, 2.05) is 0 Å². The Morgan fingerprint density at radius 3 is 2.12 bits per heavy atom. The van der Waals surface area contributed by atoms with Crippen LogP contribution < -0.4 is 0 Å². The molecule has 90 valence electrons. The highest BCUT2D eigenvalue weighted by atomic mass is 16.3.